The molecular formula is C29H36F3NO4. The van der Waals surface area contributed by atoms with Gasteiger partial charge in [-0.25, -0.2) is 4.79 Å². The normalized spacial score (nSPS) is 43.9. The number of aliphatic hydroxyl groups excluding tert-OH is 1. The number of hydrogen-bond acceptors (Lipinski definition) is 4. The summed E-state index contributed by atoms with van der Waals surface area (Å²) < 4.78 is 46.8. The average molecular weight is 520 g/mol. The Labute approximate surface area is 215 Å². The third-order valence-corrected chi connectivity index (χ3v) is 11.1. The molecule has 2 aromatic heterocycles. The van der Waals surface area contributed by atoms with Crippen molar-refractivity contribution in [3.63, 3.8) is 0 Å². The molecule has 4 aliphatic carbocycles. The lowest BCUT2D eigenvalue weighted by Crippen LogP contribution is -2.58. The topological polar surface area (TPSA) is 67.9 Å². The fourth-order valence-corrected chi connectivity index (χ4v) is 9.24. The first-order valence-electron chi connectivity index (χ1n) is 13.6. The third kappa shape index (κ3) is 3.76. The second-order valence-electron chi connectivity index (χ2n) is 12.5. The van der Waals surface area contributed by atoms with E-state index in [0.717, 1.165) is 37.6 Å². The molecule has 1 N–H and O–H groups in total. The summed E-state index contributed by atoms with van der Waals surface area (Å²) in [5.74, 6) is 2.48. The van der Waals surface area contributed by atoms with Crippen LogP contribution in [0.3, 0.4) is 0 Å². The Morgan fingerprint density at radius 2 is 1.76 bits per heavy atom. The average Bonchev–Trinajstić information content (AvgIpc) is 3.19. The van der Waals surface area contributed by atoms with E-state index >= 15 is 0 Å². The number of ether oxygens (including phenoxy) is 1. The number of epoxide rings is 1. The zero-order chi connectivity index (χ0) is 26.2. The second kappa shape index (κ2) is 8.47. The minimum absolute atomic E-state index is 0.0285. The first-order chi connectivity index (χ1) is 17.5. The molecule has 0 bridgehead atoms. The van der Waals surface area contributed by atoms with Crippen LogP contribution in [-0.4, -0.2) is 27.5 Å². The predicted octanol–water partition coefficient (Wildman–Crippen LogP) is 6.22. The first kappa shape index (κ1) is 25.2. The highest BCUT2D eigenvalue weighted by molar-refractivity contribution is 5.35. The molecule has 5 fully saturated rings. The van der Waals surface area contributed by atoms with E-state index in [4.69, 9.17) is 9.15 Å². The summed E-state index contributed by atoms with van der Waals surface area (Å²) in [4.78, 5) is 11.4. The zero-order valence-electron chi connectivity index (χ0n) is 21.4. The fourth-order valence-electron chi connectivity index (χ4n) is 9.24. The van der Waals surface area contributed by atoms with Crippen molar-refractivity contribution in [2.45, 2.75) is 95.2 Å². The number of fused-ring (bicyclic) bond motifs is 3. The van der Waals surface area contributed by atoms with Crippen molar-refractivity contribution in [1.82, 2.24) is 4.57 Å². The first-order valence-corrected chi connectivity index (χ1v) is 13.6. The Morgan fingerprint density at radius 3 is 2.41 bits per heavy atom. The van der Waals surface area contributed by atoms with Gasteiger partial charge in [0.2, 0.25) is 0 Å². The number of nitrogens with zero attached hydrogens (tertiary/aromatic N) is 1. The van der Waals surface area contributed by atoms with E-state index in [1.165, 1.54) is 49.8 Å². The van der Waals surface area contributed by atoms with Gasteiger partial charge in [-0.15, -0.1) is 13.2 Å². The maximum absolute atomic E-state index is 11.6. The van der Waals surface area contributed by atoms with Gasteiger partial charge in [0.25, 0.3) is 0 Å². The summed E-state index contributed by atoms with van der Waals surface area (Å²) in [6, 6.07) is 6.20. The minimum Gasteiger partial charge on any atom is -0.431 e. The van der Waals surface area contributed by atoms with E-state index in [-0.39, 0.29) is 27.3 Å². The molecule has 1 aliphatic heterocycles. The van der Waals surface area contributed by atoms with Crippen molar-refractivity contribution in [2.24, 2.45) is 28.6 Å². The van der Waals surface area contributed by atoms with Crippen molar-refractivity contribution in [3.8, 4) is 0 Å². The molecule has 8 heteroatoms. The molecule has 0 radical (unpaired) electrons. The molecule has 37 heavy (non-hydrogen) atoms. The van der Waals surface area contributed by atoms with E-state index in [2.05, 4.69) is 13.8 Å². The van der Waals surface area contributed by atoms with Crippen molar-refractivity contribution >= 4 is 0 Å². The lowest BCUT2D eigenvalue weighted by atomic mass is 9.44. The molecule has 4 saturated carbocycles. The van der Waals surface area contributed by atoms with Gasteiger partial charge >= 0.3 is 11.9 Å². The number of alkyl halides is 3. The smallest absolute Gasteiger partial charge is 0.431 e. The zero-order valence-corrected chi connectivity index (χ0v) is 21.4. The summed E-state index contributed by atoms with van der Waals surface area (Å²) >= 11 is 0. The predicted molar refractivity (Wildman–Crippen MR) is 131 cm³/mol. The SMILES string of the molecule is C[C@]12CC[C@H](O)C[C@H]1CC[C@@H]1[C@@H]2CC[C@]2(C)[C@@H](c3ccc(=O)oc3)C[C@H]3O[C@]132.FC(F)(F)n1cccc1. The molecule has 0 amide bonds. The summed E-state index contributed by atoms with van der Waals surface area (Å²) in [5.41, 5.74) is 1.44. The Bertz CT molecular complexity index is 1170. The molecule has 0 aromatic carbocycles. The van der Waals surface area contributed by atoms with E-state index in [9.17, 15) is 23.1 Å². The fraction of sp³-hybridized carbons (Fsp3) is 0.690. The van der Waals surface area contributed by atoms with Crippen LogP contribution < -0.4 is 5.63 Å². The standard InChI is InChI=1S/C24H32O4.C5H4F3N/c1-22-9-7-16(25)11-15(22)4-5-18-17(22)8-10-23(2)19(12-20-24(18,23)28-20)14-3-6-21(26)27-13-14;6-5(7,8)9-3-1-2-4-9/h3,6,13,15-20,25H,4-5,7-12H2,1-2H3;1-4H/t15-,16+,17+,18-,19-,20-,22+,23-,24-;/m1./s1. The van der Waals surface area contributed by atoms with Gasteiger partial charge in [-0.05, 0) is 104 Å². The number of aliphatic hydroxyl groups is 1. The van der Waals surface area contributed by atoms with Crippen LogP contribution in [-0.2, 0) is 11.0 Å². The lowest BCUT2D eigenvalue weighted by Gasteiger charge is -2.61. The van der Waals surface area contributed by atoms with Gasteiger partial charge < -0.3 is 14.3 Å². The molecule has 3 heterocycles. The molecule has 5 aliphatic rings. The number of hydrogen-bond donors (Lipinski definition) is 1. The summed E-state index contributed by atoms with van der Waals surface area (Å²) in [6.45, 7) is 4.97. The van der Waals surface area contributed by atoms with Gasteiger partial charge in [0.05, 0.1) is 18.5 Å². The number of aromatic nitrogens is 1. The van der Waals surface area contributed by atoms with Crippen LogP contribution in [0.5, 0.6) is 0 Å². The third-order valence-electron chi connectivity index (χ3n) is 11.1. The summed E-state index contributed by atoms with van der Waals surface area (Å²) in [7, 11) is 0. The highest BCUT2D eigenvalue weighted by Gasteiger charge is 2.80. The van der Waals surface area contributed by atoms with Crippen molar-refractivity contribution in [3.05, 3.63) is 58.9 Å². The van der Waals surface area contributed by atoms with Crippen molar-refractivity contribution in [1.29, 1.82) is 0 Å². The Morgan fingerprint density at radius 1 is 1.00 bits per heavy atom. The van der Waals surface area contributed by atoms with E-state index in [1.807, 2.05) is 6.07 Å². The van der Waals surface area contributed by atoms with E-state index < -0.39 is 6.30 Å². The van der Waals surface area contributed by atoms with Gasteiger partial charge in [-0.1, -0.05) is 13.8 Å². The van der Waals surface area contributed by atoms with Crippen LogP contribution in [0.2, 0.25) is 0 Å². The maximum atomic E-state index is 11.6. The van der Waals surface area contributed by atoms with Crippen LogP contribution in [0.4, 0.5) is 13.2 Å². The molecule has 2 aromatic rings. The highest BCUT2D eigenvalue weighted by Crippen LogP contribution is 2.77. The van der Waals surface area contributed by atoms with Crippen LogP contribution in [0, 0.1) is 28.6 Å². The number of halogens is 3. The molecule has 7 rings (SSSR count). The monoisotopic (exact) mass is 519 g/mol. The van der Waals surface area contributed by atoms with Crippen LogP contribution >= 0.6 is 0 Å². The molecule has 9 atom stereocenters. The van der Waals surface area contributed by atoms with Gasteiger partial charge in [0.15, 0.2) is 0 Å². The summed E-state index contributed by atoms with van der Waals surface area (Å²) in [6.07, 6.45) is 8.80. The Hall–Kier alpha value is -2.06. The Balaban J connectivity index is 0.000000239. The van der Waals surface area contributed by atoms with Crippen molar-refractivity contribution in [2.75, 3.05) is 0 Å². The van der Waals surface area contributed by atoms with Crippen LogP contribution in [0.25, 0.3) is 0 Å². The highest BCUT2D eigenvalue weighted by atomic mass is 19.4. The summed E-state index contributed by atoms with van der Waals surface area (Å²) in [5, 5.41) is 10.2. The molecule has 1 saturated heterocycles. The van der Waals surface area contributed by atoms with Gasteiger partial charge in [0, 0.05) is 23.9 Å². The van der Waals surface area contributed by atoms with Gasteiger partial charge in [-0.3, -0.25) is 4.57 Å². The van der Waals surface area contributed by atoms with Gasteiger partial charge in [-0.2, -0.15) is 0 Å². The Kier molecular flexibility index (Phi) is 5.78. The van der Waals surface area contributed by atoms with Crippen molar-refractivity contribution < 1.29 is 27.4 Å². The molecule has 202 valence electrons. The molecule has 5 nitrogen and oxygen atoms in total. The molecular weight excluding hydrogens is 483 g/mol. The van der Waals surface area contributed by atoms with Crippen LogP contribution in [0.15, 0.2) is 52.1 Å². The lowest BCUT2D eigenvalue weighted by molar-refractivity contribution is -0.203. The second-order valence-corrected chi connectivity index (χ2v) is 12.5. The van der Waals surface area contributed by atoms with Gasteiger partial charge in [0.1, 0.15) is 5.60 Å². The maximum Gasteiger partial charge on any atom is 0.488 e. The largest absolute Gasteiger partial charge is 0.488 e. The minimum atomic E-state index is -4.26. The van der Waals surface area contributed by atoms with E-state index in [1.54, 1.807) is 12.3 Å². The van der Waals surface area contributed by atoms with Crippen LogP contribution in [0.1, 0.15) is 76.7 Å². The molecule has 0 unspecified atom stereocenters. The number of rotatable bonds is 1. The molecule has 1 spiro atoms. The van der Waals surface area contributed by atoms with E-state index in [0.29, 0.717) is 29.3 Å². The quantitative estimate of drug-likeness (QED) is 0.454.